The Labute approximate surface area is 101 Å². The zero-order chi connectivity index (χ0) is 12.4. The molecule has 2 atom stereocenters. The van der Waals surface area contributed by atoms with Crippen LogP contribution in [0.1, 0.15) is 30.2 Å². The lowest BCUT2D eigenvalue weighted by molar-refractivity contribution is 0.441. The maximum atomic E-state index is 6.06. The molecule has 0 saturated heterocycles. The Bertz CT molecular complexity index is 489. The van der Waals surface area contributed by atoms with Crippen LogP contribution in [-0.4, -0.2) is 25.8 Å². The van der Waals surface area contributed by atoms with E-state index in [1.165, 1.54) is 0 Å². The quantitative estimate of drug-likeness (QED) is 0.862. The second-order valence-corrected chi connectivity index (χ2v) is 4.24. The molecule has 0 aliphatic rings. The smallest absolute Gasteiger partial charge is 0.147 e. The second kappa shape index (κ2) is 4.63. The molecule has 2 rings (SSSR count). The molecule has 0 saturated carbocycles. The Balaban J connectivity index is 2.47. The first kappa shape index (κ1) is 11.7. The van der Waals surface area contributed by atoms with E-state index in [0.717, 1.165) is 17.2 Å². The number of nitrogens with zero attached hydrogens (tertiary/aromatic N) is 4. The first-order chi connectivity index (χ1) is 8.09. The normalized spacial score (nSPS) is 14.6. The molecule has 0 fully saturated rings. The van der Waals surface area contributed by atoms with Crippen LogP contribution >= 0.6 is 0 Å². The van der Waals surface area contributed by atoms with Crippen molar-refractivity contribution in [3.05, 3.63) is 41.7 Å². The summed E-state index contributed by atoms with van der Waals surface area (Å²) in [6.45, 7) is 5.78. The summed E-state index contributed by atoms with van der Waals surface area (Å²) in [5.41, 5.74) is 7.11. The fraction of sp³-hybridized carbons (Fsp3) is 0.417. The number of hydrogen-bond acceptors (Lipinski definition) is 4. The summed E-state index contributed by atoms with van der Waals surface area (Å²) in [5.74, 6) is 1.63. The highest BCUT2D eigenvalue weighted by atomic mass is 15.4. The second-order valence-electron chi connectivity index (χ2n) is 4.24. The average molecular weight is 231 g/mol. The van der Waals surface area contributed by atoms with E-state index in [2.05, 4.69) is 15.1 Å². The molecular weight excluding hydrogens is 214 g/mol. The van der Waals surface area contributed by atoms with Crippen LogP contribution in [0.3, 0.4) is 0 Å². The van der Waals surface area contributed by atoms with Gasteiger partial charge in [-0.25, -0.2) is 9.67 Å². The minimum Gasteiger partial charge on any atom is -0.326 e. The highest BCUT2D eigenvalue weighted by molar-refractivity contribution is 5.17. The molecule has 0 aliphatic carbocycles. The molecule has 2 N–H and O–H groups in total. The van der Waals surface area contributed by atoms with Gasteiger partial charge in [0.2, 0.25) is 0 Å². The van der Waals surface area contributed by atoms with Crippen LogP contribution in [0.4, 0.5) is 0 Å². The molecule has 0 amide bonds. The fourth-order valence-electron chi connectivity index (χ4n) is 2.02. The Morgan fingerprint density at radius 2 is 2.12 bits per heavy atom. The standard InChI is InChI=1S/C12H17N5/c1-8(13)12(11-5-4-6-14-7-11)17-10(3)15-9(2)16-17/h4-8,12H,13H2,1-3H3. The summed E-state index contributed by atoms with van der Waals surface area (Å²) in [6, 6.07) is 3.84. The predicted molar refractivity (Wildman–Crippen MR) is 65.5 cm³/mol. The maximum Gasteiger partial charge on any atom is 0.147 e. The van der Waals surface area contributed by atoms with E-state index in [9.17, 15) is 0 Å². The Morgan fingerprint density at radius 1 is 1.35 bits per heavy atom. The molecule has 17 heavy (non-hydrogen) atoms. The molecule has 90 valence electrons. The first-order valence-electron chi connectivity index (χ1n) is 5.65. The van der Waals surface area contributed by atoms with E-state index < -0.39 is 0 Å². The van der Waals surface area contributed by atoms with E-state index in [1.807, 2.05) is 43.8 Å². The van der Waals surface area contributed by atoms with Gasteiger partial charge in [-0.15, -0.1) is 0 Å². The van der Waals surface area contributed by atoms with Crippen molar-refractivity contribution in [3.63, 3.8) is 0 Å². The Hall–Kier alpha value is -1.75. The third-order valence-electron chi connectivity index (χ3n) is 2.70. The summed E-state index contributed by atoms with van der Waals surface area (Å²) in [7, 11) is 0. The van der Waals surface area contributed by atoms with Crippen molar-refractivity contribution < 1.29 is 0 Å². The van der Waals surface area contributed by atoms with Crippen molar-refractivity contribution >= 4 is 0 Å². The number of pyridine rings is 1. The van der Waals surface area contributed by atoms with Crippen molar-refractivity contribution in [2.24, 2.45) is 5.73 Å². The monoisotopic (exact) mass is 231 g/mol. The molecule has 0 bridgehead atoms. The third kappa shape index (κ3) is 2.34. The number of hydrogen-bond donors (Lipinski definition) is 1. The molecule has 2 aromatic heterocycles. The van der Waals surface area contributed by atoms with Crippen molar-refractivity contribution in [1.82, 2.24) is 19.7 Å². The summed E-state index contributed by atoms with van der Waals surface area (Å²) in [6.07, 6.45) is 3.58. The van der Waals surface area contributed by atoms with Gasteiger partial charge in [0.25, 0.3) is 0 Å². The van der Waals surface area contributed by atoms with E-state index in [1.54, 1.807) is 6.20 Å². The lowest BCUT2D eigenvalue weighted by atomic mass is 10.0. The van der Waals surface area contributed by atoms with Crippen LogP contribution in [0.5, 0.6) is 0 Å². The summed E-state index contributed by atoms with van der Waals surface area (Å²) in [5, 5.41) is 4.41. The van der Waals surface area contributed by atoms with Crippen LogP contribution < -0.4 is 5.73 Å². The van der Waals surface area contributed by atoms with Crippen LogP contribution in [-0.2, 0) is 0 Å². The fourth-order valence-corrected chi connectivity index (χ4v) is 2.02. The van der Waals surface area contributed by atoms with Gasteiger partial charge >= 0.3 is 0 Å². The highest BCUT2D eigenvalue weighted by Crippen LogP contribution is 2.20. The molecule has 0 radical (unpaired) electrons. The summed E-state index contributed by atoms with van der Waals surface area (Å²) in [4.78, 5) is 8.45. The Morgan fingerprint density at radius 3 is 2.59 bits per heavy atom. The summed E-state index contributed by atoms with van der Waals surface area (Å²) < 4.78 is 1.87. The molecule has 0 aromatic carbocycles. The van der Waals surface area contributed by atoms with Gasteiger partial charge in [-0.1, -0.05) is 6.07 Å². The van der Waals surface area contributed by atoms with Gasteiger partial charge in [0, 0.05) is 18.4 Å². The lowest BCUT2D eigenvalue weighted by Crippen LogP contribution is -2.31. The van der Waals surface area contributed by atoms with Crippen LogP contribution in [0.25, 0.3) is 0 Å². The van der Waals surface area contributed by atoms with E-state index >= 15 is 0 Å². The zero-order valence-corrected chi connectivity index (χ0v) is 10.3. The largest absolute Gasteiger partial charge is 0.326 e. The molecule has 2 aromatic rings. The van der Waals surface area contributed by atoms with Gasteiger partial charge in [-0.2, -0.15) is 5.10 Å². The average Bonchev–Trinajstić information content (AvgIpc) is 2.59. The SMILES string of the molecule is Cc1nc(C)n(C(c2cccnc2)C(C)N)n1. The van der Waals surface area contributed by atoms with Gasteiger partial charge in [0.05, 0.1) is 6.04 Å². The third-order valence-corrected chi connectivity index (χ3v) is 2.70. The van der Waals surface area contributed by atoms with Crippen LogP contribution in [0.15, 0.2) is 24.5 Å². The molecule has 5 heteroatoms. The van der Waals surface area contributed by atoms with Gasteiger partial charge in [-0.05, 0) is 32.4 Å². The van der Waals surface area contributed by atoms with Crippen molar-refractivity contribution in [2.75, 3.05) is 0 Å². The van der Waals surface area contributed by atoms with Crippen molar-refractivity contribution in [3.8, 4) is 0 Å². The predicted octanol–water partition coefficient (Wildman–Crippen LogP) is 1.23. The summed E-state index contributed by atoms with van der Waals surface area (Å²) >= 11 is 0. The molecule has 0 spiro atoms. The van der Waals surface area contributed by atoms with Gasteiger partial charge in [-0.3, -0.25) is 4.98 Å². The number of nitrogens with two attached hydrogens (primary N) is 1. The number of rotatable bonds is 3. The van der Waals surface area contributed by atoms with E-state index in [4.69, 9.17) is 5.73 Å². The number of aromatic nitrogens is 4. The highest BCUT2D eigenvalue weighted by Gasteiger charge is 2.21. The zero-order valence-electron chi connectivity index (χ0n) is 10.3. The molecule has 2 heterocycles. The van der Waals surface area contributed by atoms with E-state index in [-0.39, 0.29) is 12.1 Å². The first-order valence-corrected chi connectivity index (χ1v) is 5.65. The topological polar surface area (TPSA) is 69.6 Å². The molecule has 0 aliphatic heterocycles. The minimum absolute atomic E-state index is 0.0232. The van der Waals surface area contributed by atoms with Crippen molar-refractivity contribution in [2.45, 2.75) is 32.9 Å². The lowest BCUT2D eigenvalue weighted by Gasteiger charge is -2.22. The maximum absolute atomic E-state index is 6.06. The number of aryl methyl sites for hydroxylation is 2. The van der Waals surface area contributed by atoms with Crippen LogP contribution in [0, 0.1) is 13.8 Å². The van der Waals surface area contributed by atoms with Crippen molar-refractivity contribution in [1.29, 1.82) is 0 Å². The van der Waals surface area contributed by atoms with Gasteiger partial charge < -0.3 is 5.73 Å². The van der Waals surface area contributed by atoms with Gasteiger partial charge in [0.15, 0.2) is 0 Å². The molecular formula is C12H17N5. The minimum atomic E-state index is -0.0565. The molecule has 2 unspecified atom stereocenters. The van der Waals surface area contributed by atoms with E-state index in [0.29, 0.717) is 0 Å². The molecule has 5 nitrogen and oxygen atoms in total. The van der Waals surface area contributed by atoms with Gasteiger partial charge in [0.1, 0.15) is 11.6 Å². The Kier molecular flexibility index (Phi) is 3.19. The van der Waals surface area contributed by atoms with Crippen LogP contribution in [0.2, 0.25) is 0 Å².